The normalized spacial score (nSPS) is 32.6. The Balaban J connectivity index is 1.12. The van der Waals surface area contributed by atoms with Crippen LogP contribution in [0, 0.1) is 11.8 Å². The number of fused-ring (bicyclic) bond motifs is 6. The number of hydrogen-bond donors (Lipinski definition) is 1. The standard InChI is InChI=1S/C28H36N4O3/c33-25(17-23-27(34)32(28(35)29-23)14-11-19-7-2-1-3-8-19)31-13-6-9-20-15-21-16-22(26(20)31)18-30-12-5-4-10-24(21)30/h1-3,7-8,15,21-24,26H,4-6,9-14,16-18H2,(H,29,35)/t21-,22-,23-,24+,26+/m0/s1. The van der Waals surface area contributed by atoms with Crippen molar-refractivity contribution in [1.29, 1.82) is 0 Å². The van der Waals surface area contributed by atoms with E-state index in [0.717, 1.165) is 31.5 Å². The largest absolute Gasteiger partial charge is 0.336 e. The Morgan fingerprint density at radius 2 is 1.91 bits per heavy atom. The number of imide groups is 1. The van der Waals surface area contributed by atoms with E-state index in [1.54, 1.807) is 0 Å². The number of carbonyl (C=O) groups excluding carboxylic acids is 3. The highest BCUT2D eigenvalue weighted by atomic mass is 16.2. The molecule has 0 spiro atoms. The summed E-state index contributed by atoms with van der Waals surface area (Å²) in [6.07, 6.45) is 10.3. The molecule has 0 unspecified atom stereocenters. The van der Waals surface area contributed by atoms with E-state index in [1.807, 2.05) is 35.2 Å². The number of rotatable bonds is 5. The molecule has 2 bridgehead atoms. The summed E-state index contributed by atoms with van der Waals surface area (Å²) < 4.78 is 0. The van der Waals surface area contributed by atoms with Crippen LogP contribution in [0.3, 0.4) is 0 Å². The molecule has 1 aromatic rings. The molecule has 4 amide bonds. The molecule has 6 rings (SSSR count). The van der Waals surface area contributed by atoms with Gasteiger partial charge in [0.2, 0.25) is 5.91 Å². The van der Waals surface area contributed by atoms with Crippen molar-refractivity contribution in [3.05, 3.63) is 47.5 Å². The Labute approximate surface area is 207 Å². The molecule has 5 aliphatic rings. The van der Waals surface area contributed by atoms with E-state index in [9.17, 15) is 14.4 Å². The van der Waals surface area contributed by atoms with Gasteiger partial charge in [0.25, 0.3) is 5.91 Å². The lowest BCUT2D eigenvalue weighted by atomic mass is 9.68. The lowest BCUT2D eigenvalue weighted by Crippen LogP contribution is -2.60. The average Bonchev–Trinajstić information content (AvgIpc) is 3.14. The fourth-order valence-electron chi connectivity index (χ4n) is 7.36. The molecule has 0 aromatic heterocycles. The second-order valence-corrected chi connectivity index (χ2v) is 11.0. The van der Waals surface area contributed by atoms with Crippen LogP contribution in [0.25, 0.3) is 0 Å². The molecule has 0 saturated carbocycles. The maximum Gasteiger partial charge on any atom is 0.324 e. The second-order valence-electron chi connectivity index (χ2n) is 11.0. The van der Waals surface area contributed by atoms with Crippen LogP contribution >= 0.6 is 0 Å². The molecule has 186 valence electrons. The van der Waals surface area contributed by atoms with E-state index in [1.165, 1.54) is 42.7 Å². The van der Waals surface area contributed by atoms with Crippen molar-refractivity contribution in [2.75, 3.05) is 26.2 Å². The van der Waals surface area contributed by atoms with Gasteiger partial charge in [-0.2, -0.15) is 0 Å². The van der Waals surface area contributed by atoms with Crippen LogP contribution in [-0.2, 0) is 16.0 Å². The number of hydrogen-bond acceptors (Lipinski definition) is 4. The molecule has 4 aliphatic heterocycles. The molecule has 7 heteroatoms. The summed E-state index contributed by atoms with van der Waals surface area (Å²) >= 11 is 0. The van der Waals surface area contributed by atoms with Crippen LogP contribution in [0.5, 0.6) is 0 Å². The van der Waals surface area contributed by atoms with E-state index in [4.69, 9.17) is 0 Å². The van der Waals surface area contributed by atoms with E-state index in [0.29, 0.717) is 30.8 Å². The third kappa shape index (κ3) is 4.28. The van der Waals surface area contributed by atoms with Crippen LogP contribution in [-0.4, -0.2) is 76.8 Å². The van der Waals surface area contributed by atoms with Gasteiger partial charge in [-0.1, -0.05) is 48.4 Å². The second kappa shape index (κ2) is 9.41. The van der Waals surface area contributed by atoms with Gasteiger partial charge in [-0.05, 0) is 62.5 Å². The molecule has 1 N–H and O–H groups in total. The number of nitrogens with zero attached hydrogens (tertiary/aromatic N) is 3. The number of nitrogens with one attached hydrogen (secondary N) is 1. The van der Waals surface area contributed by atoms with Crippen molar-refractivity contribution in [1.82, 2.24) is 20.0 Å². The minimum atomic E-state index is -0.755. The minimum absolute atomic E-state index is 0.00313. The summed E-state index contributed by atoms with van der Waals surface area (Å²) in [5.41, 5.74) is 2.53. The third-order valence-corrected chi connectivity index (χ3v) is 8.93. The summed E-state index contributed by atoms with van der Waals surface area (Å²) in [5, 5.41) is 2.78. The van der Waals surface area contributed by atoms with Crippen LogP contribution in [0.1, 0.15) is 50.5 Å². The van der Waals surface area contributed by atoms with Crippen molar-refractivity contribution >= 4 is 17.8 Å². The highest BCUT2D eigenvalue weighted by molar-refractivity contribution is 6.05. The van der Waals surface area contributed by atoms with Gasteiger partial charge in [0.15, 0.2) is 0 Å². The molecule has 4 fully saturated rings. The first-order valence-electron chi connectivity index (χ1n) is 13.5. The van der Waals surface area contributed by atoms with Crippen LogP contribution in [0.4, 0.5) is 4.79 Å². The van der Waals surface area contributed by atoms with Gasteiger partial charge in [0, 0.05) is 25.7 Å². The average molecular weight is 477 g/mol. The Hall–Kier alpha value is -2.67. The van der Waals surface area contributed by atoms with Crippen LogP contribution in [0.15, 0.2) is 42.0 Å². The first-order chi connectivity index (χ1) is 17.1. The topological polar surface area (TPSA) is 73.0 Å². The van der Waals surface area contributed by atoms with E-state index < -0.39 is 6.04 Å². The van der Waals surface area contributed by atoms with Crippen LogP contribution in [0.2, 0.25) is 0 Å². The van der Waals surface area contributed by atoms with Gasteiger partial charge in [0.05, 0.1) is 12.5 Å². The lowest BCUT2D eigenvalue weighted by molar-refractivity contribution is -0.139. The zero-order valence-corrected chi connectivity index (χ0v) is 20.4. The molecular weight excluding hydrogens is 440 g/mol. The third-order valence-electron chi connectivity index (χ3n) is 8.93. The number of carbonyl (C=O) groups is 3. The minimum Gasteiger partial charge on any atom is -0.336 e. The fourth-order valence-corrected chi connectivity index (χ4v) is 7.36. The van der Waals surface area contributed by atoms with Crippen molar-refractivity contribution in [2.45, 2.75) is 69.5 Å². The quantitative estimate of drug-likeness (QED) is 0.524. The van der Waals surface area contributed by atoms with E-state index in [-0.39, 0.29) is 30.3 Å². The summed E-state index contributed by atoms with van der Waals surface area (Å²) in [5.74, 6) is 0.840. The molecule has 35 heavy (non-hydrogen) atoms. The molecule has 1 aliphatic carbocycles. The van der Waals surface area contributed by atoms with Crippen molar-refractivity contribution in [3.63, 3.8) is 0 Å². The molecule has 5 atom stereocenters. The zero-order chi connectivity index (χ0) is 23.9. The lowest BCUT2D eigenvalue weighted by Gasteiger charge is -2.54. The predicted octanol–water partition coefficient (Wildman–Crippen LogP) is 2.96. The number of piperidine rings is 3. The van der Waals surface area contributed by atoms with Gasteiger partial charge < -0.3 is 10.2 Å². The first kappa shape index (κ1) is 22.8. The molecule has 1 aromatic carbocycles. The van der Waals surface area contributed by atoms with E-state index in [2.05, 4.69) is 16.3 Å². The summed E-state index contributed by atoms with van der Waals surface area (Å²) in [4.78, 5) is 45.1. The zero-order valence-electron chi connectivity index (χ0n) is 20.4. The van der Waals surface area contributed by atoms with Gasteiger partial charge in [-0.15, -0.1) is 0 Å². The van der Waals surface area contributed by atoms with Gasteiger partial charge in [0.1, 0.15) is 6.04 Å². The first-order valence-corrected chi connectivity index (χ1v) is 13.5. The Bertz CT molecular complexity index is 1020. The van der Waals surface area contributed by atoms with E-state index >= 15 is 0 Å². The summed E-state index contributed by atoms with van der Waals surface area (Å²) in [6, 6.07) is 9.56. The number of likely N-dealkylation sites (tertiary alicyclic amines) is 1. The molecule has 4 saturated heterocycles. The highest BCUT2D eigenvalue weighted by Gasteiger charge is 2.48. The number of amides is 4. The Morgan fingerprint density at radius 3 is 2.77 bits per heavy atom. The monoisotopic (exact) mass is 476 g/mol. The fraction of sp³-hybridized carbons (Fsp3) is 0.607. The molecule has 0 radical (unpaired) electrons. The van der Waals surface area contributed by atoms with Crippen LogP contribution < -0.4 is 5.32 Å². The number of urea groups is 1. The van der Waals surface area contributed by atoms with Crippen molar-refractivity contribution in [2.24, 2.45) is 11.8 Å². The van der Waals surface area contributed by atoms with Gasteiger partial charge in [-0.3, -0.25) is 19.4 Å². The van der Waals surface area contributed by atoms with Gasteiger partial charge in [-0.25, -0.2) is 4.79 Å². The maximum absolute atomic E-state index is 13.6. The molecular formula is C28H36N4O3. The smallest absolute Gasteiger partial charge is 0.324 e. The molecule has 7 nitrogen and oxygen atoms in total. The highest BCUT2D eigenvalue weighted by Crippen LogP contribution is 2.45. The van der Waals surface area contributed by atoms with Gasteiger partial charge >= 0.3 is 6.03 Å². The van der Waals surface area contributed by atoms with Crippen molar-refractivity contribution < 1.29 is 14.4 Å². The Kier molecular flexibility index (Phi) is 6.13. The summed E-state index contributed by atoms with van der Waals surface area (Å²) in [6.45, 7) is 3.35. The SMILES string of the molecule is O=C1N[C@@H](CC(=O)N2CCCC3=C[C@H]4C[C@@H](CN5CCCC[C@H]45)[C@@H]32)C(=O)N1CCc1ccccc1. The Morgan fingerprint density at radius 1 is 1.06 bits per heavy atom. The number of benzene rings is 1. The molecule has 4 heterocycles. The maximum atomic E-state index is 13.6. The van der Waals surface area contributed by atoms with Crippen molar-refractivity contribution in [3.8, 4) is 0 Å². The summed E-state index contributed by atoms with van der Waals surface area (Å²) in [7, 11) is 0. The predicted molar refractivity (Wildman–Crippen MR) is 132 cm³/mol.